The van der Waals surface area contributed by atoms with Crippen molar-refractivity contribution in [3.8, 4) is 17.2 Å². The Labute approximate surface area is 180 Å². The van der Waals surface area contributed by atoms with E-state index in [1.807, 2.05) is 54.6 Å². The molecule has 2 heterocycles. The summed E-state index contributed by atoms with van der Waals surface area (Å²) in [7, 11) is 1.61. The Bertz CT molecular complexity index is 1050. The minimum atomic E-state index is -0.284. The summed E-state index contributed by atoms with van der Waals surface area (Å²) in [6.45, 7) is 0.953. The van der Waals surface area contributed by atoms with Gasteiger partial charge in [0, 0.05) is 30.6 Å². The molecule has 0 unspecified atom stereocenters. The molecule has 0 saturated carbocycles. The molecule has 1 atom stereocenters. The van der Waals surface area contributed by atoms with Crippen molar-refractivity contribution in [2.45, 2.75) is 25.9 Å². The standard InChI is InChI=1S/C23H24N4O4/c1-30-19-10-6-5-9-17(19)14-27-15-18(11-12-21(27)28)22(29)24-13-20-25-23(31-26-20)16-7-3-2-4-8-16/h2-10,18H,11-15H2,1H3,(H,24,29)/t18-/m1/s1. The molecular formula is C23H24N4O4. The number of nitrogens with one attached hydrogen (secondary N) is 1. The number of carbonyl (C=O) groups excluding carboxylic acids is 2. The van der Waals surface area contributed by atoms with Crippen LogP contribution in [0.5, 0.6) is 5.75 Å². The molecule has 8 heteroatoms. The molecular weight excluding hydrogens is 396 g/mol. The average Bonchev–Trinajstić information content (AvgIpc) is 3.29. The molecule has 3 aromatic rings. The summed E-state index contributed by atoms with van der Waals surface area (Å²) in [6.07, 6.45) is 0.863. The number of piperidine rings is 1. The van der Waals surface area contributed by atoms with Crippen LogP contribution in [0.25, 0.3) is 11.5 Å². The number of ether oxygens (including phenoxy) is 1. The molecule has 4 rings (SSSR count). The zero-order valence-electron chi connectivity index (χ0n) is 17.3. The lowest BCUT2D eigenvalue weighted by atomic mass is 9.96. The molecule has 0 spiro atoms. The van der Waals surface area contributed by atoms with Crippen molar-refractivity contribution in [3.63, 3.8) is 0 Å². The highest BCUT2D eigenvalue weighted by molar-refractivity contribution is 5.83. The van der Waals surface area contributed by atoms with Crippen LogP contribution in [0.2, 0.25) is 0 Å². The fourth-order valence-corrected chi connectivity index (χ4v) is 3.66. The third-order valence-corrected chi connectivity index (χ3v) is 5.33. The van der Waals surface area contributed by atoms with Crippen LogP contribution in [0.1, 0.15) is 24.2 Å². The van der Waals surface area contributed by atoms with Gasteiger partial charge in [-0.15, -0.1) is 0 Å². The Hall–Kier alpha value is -3.68. The molecule has 31 heavy (non-hydrogen) atoms. The normalized spacial score (nSPS) is 16.2. The monoisotopic (exact) mass is 420 g/mol. The first-order valence-corrected chi connectivity index (χ1v) is 10.2. The van der Waals surface area contributed by atoms with Gasteiger partial charge in [0.1, 0.15) is 5.75 Å². The van der Waals surface area contributed by atoms with Crippen LogP contribution in [0, 0.1) is 5.92 Å². The number of amides is 2. The number of hydrogen-bond acceptors (Lipinski definition) is 6. The first-order chi connectivity index (χ1) is 15.1. The SMILES string of the molecule is COc1ccccc1CN1C[C@H](C(=O)NCc2noc(-c3ccccc3)n2)CCC1=O. The van der Waals surface area contributed by atoms with Crippen molar-refractivity contribution in [1.29, 1.82) is 0 Å². The molecule has 160 valence electrons. The molecule has 1 aliphatic heterocycles. The summed E-state index contributed by atoms with van der Waals surface area (Å²) in [5, 5.41) is 6.80. The van der Waals surface area contributed by atoms with E-state index in [-0.39, 0.29) is 24.3 Å². The number of para-hydroxylation sites is 1. The van der Waals surface area contributed by atoms with Crippen LogP contribution >= 0.6 is 0 Å². The molecule has 0 radical (unpaired) electrons. The highest BCUT2D eigenvalue weighted by Gasteiger charge is 2.30. The van der Waals surface area contributed by atoms with Gasteiger partial charge in [0.2, 0.25) is 11.8 Å². The van der Waals surface area contributed by atoms with E-state index in [0.717, 1.165) is 16.9 Å². The zero-order valence-corrected chi connectivity index (χ0v) is 17.3. The van der Waals surface area contributed by atoms with E-state index in [1.165, 1.54) is 0 Å². The number of likely N-dealkylation sites (tertiary alicyclic amines) is 1. The maximum Gasteiger partial charge on any atom is 0.257 e. The third-order valence-electron chi connectivity index (χ3n) is 5.33. The van der Waals surface area contributed by atoms with Crippen LogP contribution in [-0.2, 0) is 22.7 Å². The van der Waals surface area contributed by atoms with Crippen LogP contribution in [0.4, 0.5) is 0 Å². The van der Waals surface area contributed by atoms with E-state index < -0.39 is 0 Å². The first-order valence-electron chi connectivity index (χ1n) is 10.2. The van der Waals surface area contributed by atoms with E-state index in [0.29, 0.717) is 37.6 Å². The van der Waals surface area contributed by atoms with Gasteiger partial charge in [0.05, 0.1) is 19.6 Å². The Morgan fingerprint density at radius 1 is 1.19 bits per heavy atom. The van der Waals surface area contributed by atoms with Gasteiger partial charge < -0.3 is 19.5 Å². The zero-order chi connectivity index (χ0) is 21.6. The summed E-state index contributed by atoms with van der Waals surface area (Å²) in [5.41, 5.74) is 1.74. The van der Waals surface area contributed by atoms with E-state index >= 15 is 0 Å². The second kappa shape index (κ2) is 9.42. The number of rotatable bonds is 7. The lowest BCUT2D eigenvalue weighted by Gasteiger charge is -2.32. The number of carbonyl (C=O) groups is 2. The van der Waals surface area contributed by atoms with Crippen molar-refractivity contribution >= 4 is 11.8 Å². The predicted molar refractivity (Wildman–Crippen MR) is 113 cm³/mol. The number of hydrogen-bond donors (Lipinski definition) is 1. The maximum atomic E-state index is 12.7. The fraction of sp³-hybridized carbons (Fsp3) is 0.304. The number of aromatic nitrogens is 2. The van der Waals surface area contributed by atoms with Gasteiger partial charge in [-0.3, -0.25) is 9.59 Å². The Morgan fingerprint density at radius 3 is 2.77 bits per heavy atom. The Morgan fingerprint density at radius 2 is 1.97 bits per heavy atom. The molecule has 1 N–H and O–H groups in total. The molecule has 0 bridgehead atoms. The van der Waals surface area contributed by atoms with Gasteiger partial charge in [-0.25, -0.2) is 0 Å². The Kier molecular flexibility index (Phi) is 6.26. The van der Waals surface area contributed by atoms with Gasteiger partial charge in [0.25, 0.3) is 5.89 Å². The van der Waals surface area contributed by atoms with Crippen molar-refractivity contribution < 1.29 is 18.8 Å². The predicted octanol–water partition coefficient (Wildman–Crippen LogP) is 2.80. The summed E-state index contributed by atoms with van der Waals surface area (Å²) in [5.74, 6) is 1.19. The maximum absolute atomic E-state index is 12.7. The van der Waals surface area contributed by atoms with Crippen molar-refractivity contribution in [3.05, 3.63) is 66.0 Å². The van der Waals surface area contributed by atoms with Crippen LogP contribution in [0.3, 0.4) is 0 Å². The lowest BCUT2D eigenvalue weighted by Crippen LogP contribution is -2.45. The second-order valence-electron chi connectivity index (χ2n) is 7.42. The Balaban J connectivity index is 1.34. The molecule has 1 aliphatic rings. The molecule has 2 amide bonds. The molecule has 2 aromatic carbocycles. The minimum absolute atomic E-state index is 0.0422. The average molecular weight is 420 g/mol. The summed E-state index contributed by atoms with van der Waals surface area (Å²) in [4.78, 5) is 31.2. The molecule has 1 fully saturated rings. The van der Waals surface area contributed by atoms with E-state index in [9.17, 15) is 9.59 Å². The molecule has 8 nitrogen and oxygen atoms in total. The van der Waals surface area contributed by atoms with Gasteiger partial charge in [0.15, 0.2) is 5.82 Å². The number of benzene rings is 2. The number of methoxy groups -OCH3 is 1. The highest BCUT2D eigenvalue weighted by Crippen LogP contribution is 2.24. The third kappa shape index (κ3) is 4.91. The first kappa shape index (κ1) is 20.6. The van der Waals surface area contributed by atoms with Crippen molar-refractivity contribution in [1.82, 2.24) is 20.4 Å². The second-order valence-corrected chi connectivity index (χ2v) is 7.42. The largest absolute Gasteiger partial charge is 0.496 e. The van der Waals surface area contributed by atoms with Crippen molar-refractivity contribution in [2.75, 3.05) is 13.7 Å². The highest BCUT2D eigenvalue weighted by atomic mass is 16.5. The minimum Gasteiger partial charge on any atom is -0.496 e. The number of nitrogens with zero attached hydrogens (tertiary/aromatic N) is 3. The van der Waals surface area contributed by atoms with Gasteiger partial charge in [-0.2, -0.15) is 4.98 Å². The quantitative estimate of drug-likeness (QED) is 0.631. The topological polar surface area (TPSA) is 97.6 Å². The summed E-state index contributed by atoms with van der Waals surface area (Å²) in [6, 6.07) is 17.0. The smallest absolute Gasteiger partial charge is 0.257 e. The van der Waals surface area contributed by atoms with E-state index in [1.54, 1.807) is 12.0 Å². The summed E-state index contributed by atoms with van der Waals surface area (Å²) < 4.78 is 10.6. The van der Waals surface area contributed by atoms with Crippen LogP contribution in [-0.4, -0.2) is 40.5 Å². The van der Waals surface area contributed by atoms with Crippen LogP contribution < -0.4 is 10.1 Å². The van der Waals surface area contributed by atoms with Gasteiger partial charge in [-0.1, -0.05) is 41.6 Å². The molecule has 1 aromatic heterocycles. The fourth-order valence-electron chi connectivity index (χ4n) is 3.66. The van der Waals surface area contributed by atoms with Gasteiger partial charge >= 0.3 is 0 Å². The van der Waals surface area contributed by atoms with Crippen molar-refractivity contribution in [2.24, 2.45) is 5.92 Å². The molecule has 0 aliphatic carbocycles. The van der Waals surface area contributed by atoms with Gasteiger partial charge in [-0.05, 0) is 24.6 Å². The van der Waals surface area contributed by atoms with E-state index in [4.69, 9.17) is 9.26 Å². The molecule has 1 saturated heterocycles. The summed E-state index contributed by atoms with van der Waals surface area (Å²) >= 11 is 0. The van der Waals surface area contributed by atoms with Crippen LogP contribution in [0.15, 0.2) is 59.1 Å². The van der Waals surface area contributed by atoms with E-state index in [2.05, 4.69) is 15.5 Å². The lowest BCUT2D eigenvalue weighted by molar-refractivity contribution is -0.139.